The lowest BCUT2D eigenvalue weighted by molar-refractivity contribution is 0.415. The number of benzene rings is 2. The summed E-state index contributed by atoms with van der Waals surface area (Å²) < 4.78 is 30.9. The quantitative estimate of drug-likeness (QED) is 0.839. The van der Waals surface area contributed by atoms with Crippen molar-refractivity contribution in [3.63, 3.8) is 0 Å². The van der Waals surface area contributed by atoms with Gasteiger partial charge in [0.15, 0.2) is 0 Å². The summed E-state index contributed by atoms with van der Waals surface area (Å²) in [5.41, 5.74) is 11.3. The van der Waals surface area contributed by atoms with Gasteiger partial charge in [0.25, 0.3) is 0 Å². The van der Waals surface area contributed by atoms with Crippen LogP contribution in [0.5, 0.6) is 5.75 Å². The number of sulfonamides is 1. The molecular weight excluding hydrogens is 350 g/mol. The molecule has 0 fully saturated rings. The summed E-state index contributed by atoms with van der Waals surface area (Å²) in [4.78, 5) is 2.26. The molecule has 140 valence electrons. The second kappa shape index (κ2) is 6.81. The summed E-state index contributed by atoms with van der Waals surface area (Å²) >= 11 is 0. The monoisotopic (exact) mass is 375 g/mol. The van der Waals surface area contributed by atoms with Crippen molar-refractivity contribution >= 4 is 21.4 Å². The highest BCUT2D eigenvalue weighted by molar-refractivity contribution is 7.92. The zero-order chi connectivity index (χ0) is 19.1. The maximum atomic E-state index is 11.5. The van der Waals surface area contributed by atoms with E-state index in [1.54, 1.807) is 13.2 Å². The number of nitrogens with zero attached hydrogens (tertiary/aromatic N) is 1. The summed E-state index contributed by atoms with van der Waals surface area (Å²) in [7, 11) is -1.65. The van der Waals surface area contributed by atoms with Crippen molar-refractivity contribution in [3.05, 3.63) is 53.1 Å². The fraction of sp³-hybridized carbons (Fsp3) is 0.368. The molecular formula is C19H25N3O3S. The fourth-order valence-corrected chi connectivity index (χ4v) is 4.26. The molecule has 2 unspecified atom stereocenters. The standard InChI is InChI=1S/C19H25N3O3S/c1-5-22-17-11-14(25-3)7-8-15(17)18(20)19(22)13-6-9-16(12(2)10-13)21-26(4,23)24/h6-11,18-19,21H,5,20H2,1-4H3. The van der Waals surface area contributed by atoms with E-state index in [0.29, 0.717) is 5.69 Å². The molecule has 3 rings (SSSR count). The van der Waals surface area contributed by atoms with Gasteiger partial charge in [0.1, 0.15) is 5.75 Å². The van der Waals surface area contributed by atoms with Crippen LogP contribution in [-0.4, -0.2) is 28.3 Å². The minimum atomic E-state index is -3.31. The van der Waals surface area contributed by atoms with Crippen LogP contribution in [0, 0.1) is 6.92 Å². The van der Waals surface area contributed by atoms with E-state index in [1.165, 1.54) is 0 Å². The summed E-state index contributed by atoms with van der Waals surface area (Å²) in [5, 5.41) is 0. The van der Waals surface area contributed by atoms with Gasteiger partial charge in [-0.3, -0.25) is 4.72 Å². The van der Waals surface area contributed by atoms with Crippen LogP contribution in [0.15, 0.2) is 36.4 Å². The zero-order valence-corrected chi connectivity index (χ0v) is 16.3. The lowest BCUT2D eigenvalue weighted by Gasteiger charge is -2.29. The SMILES string of the molecule is CCN1c2cc(OC)ccc2C(N)C1c1ccc(NS(C)(=O)=O)c(C)c1. The van der Waals surface area contributed by atoms with Crippen molar-refractivity contribution in [2.24, 2.45) is 5.73 Å². The molecule has 3 N–H and O–H groups in total. The average Bonchev–Trinajstić information content (AvgIpc) is 2.87. The van der Waals surface area contributed by atoms with Gasteiger partial charge in [0.05, 0.1) is 31.1 Å². The molecule has 1 aliphatic rings. The number of hydrogen-bond acceptors (Lipinski definition) is 5. The van der Waals surface area contributed by atoms with E-state index in [1.807, 2.05) is 37.3 Å². The summed E-state index contributed by atoms with van der Waals surface area (Å²) in [5.74, 6) is 0.805. The number of anilines is 2. The number of ether oxygens (including phenoxy) is 1. The Bertz CT molecular complexity index is 928. The predicted octanol–water partition coefficient (Wildman–Crippen LogP) is 2.96. The lowest BCUT2D eigenvalue weighted by Crippen LogP contribution is -2.29. The third-order valence-electron chi connectivity index (χ3n) is 4.81. The van der Waals surface area contributed by atoms with Crippen molar-refractivity contribution in [2.45, 2.75) is 25.9 Å². The highest BCUT2D eigenvalue weighted by atomic mass is 32.2. The fourth-order valence-electron chi connectivity index (χ4n) is 3.63. The van der Waals surface area contributed by atoms with Crippen LogP contribution in [0.4, 0.5) is 11.4 Å². The molecule has 0 radical (unpaired) electrons. The number of nitrogens with two attached hydrogens (primary N) is 1. The number of likely N-dealkylation sites (N-methyl/N-ethyl adjacent to an activating group) is 1. The van der Waals surface area contributed by atoms with Gasteiger partial charge >= 0.3 is 0 Å². The lowest BCUT2D eigenvalue weighted by atomic mass is 9.96. The first-order valence-corrected chi connectivity index (χ1v) is 10.4. The van der Waals surface area contributed by atoms with E-state index in [0.717, 1.165) is 40.9 Å². The zero-order valence-electron chi connectivity index (χ0n) is 15.5. The van der Waals surface area contributed by atoms with Crippen molar-refractivity contribution < 1.29 is 13.2 Å². The van der Waals surface area contributed by atoms with E-state index in [2.05, 4.69) is 16.5 Å². The van der Waals surface area contributed by atoms with Gasteiger partial charge in [-0.2, -0.15) is 0 Å². The van der Waals surface area contributed by atoms with Crippen LogP contribution < -0.4 is 20.1 Å². The largest absolute Gasteiger partial charge is 0.497 e. The minimum Gasteiger partial charge on any atom is -0.497 e. The Morgan fingerprint density at radius 2 is 1.96 bits per heavy atom. The summed E-state index contributed by atoms with van der Waals surface area (Å²) in [6.45, 7) is 4.80. The smallest absolute Gasteiger partial charge is 0.229 e. The molecule has 0 saturated carbocycles. The molecule has 0 bridgehead atoms. The number of fused-ring (bicyclic) bond motifs is 1. The van der Waals surface area contributed by atoms with Gasteiger partial charge in [-0.25, -0.2) is 8.42 Å². The van der Waals surface area contributed by atoms with Gasteiger partial charge in [-0.15, -0.1) is 0 Å². The van der Waals surface area contributed by atoms with Gasteiger partial charge in [-0.1, -0.05) is 18.2 Å². The van der Waals surface area contributed by atoms with Gasteiger partial charge in [-0.05, 0) is 42.7 Å². The van der Waals surface area contributed by atoms with Crippen LogP contribution in [0.1, 0.15) is 35.7 Å². The van der Waals surface area contributed by atoms with Crippen LogP contribution in [0.2, 0.25) is 0 Å². The molecule has 0 saturated heterocycles. The first kappa shape index (κ1) is 18.5. The molecule has 2 atom stereocenters. The molecule has 1 aliphatic heterocycles. The molecule has 0 spiro atoms. The summed E-state index contributed by atoms with van der Waals surface area (Å²) in [6, 6.07) is 11.5. The normalized spacial score (nSPS) is 19.3. The van der Waals surface area contributed by atoms with E-state index < -0.39 is 10.0 Å². The highest BCUT2D eigenvalue weighted by Crippen LogP contribution is 2.47. The van der Waals surface area contributed by atoms with Crippen LogP contribution in [-0.2, 0) is 10.0 Å². The Balaban J connectivity index is 2.00. The van der Waals surface area contributed by atoms with Crippen LogP contribution >= 0.6 is 0 Å². The highest BCUT2D eigenvalue weighted by Gasteiger charge is 2.36. The summed E-state index contributed by atoms with van der Waals surface area (Å²) in [6.07, 6.45) is 1.15. The number of rotatable bonds is 5. The van der Waals surface area contributed by atoms with Gasteiger partial charge in [0.2, 0.25) is 10.0 Å². The Kier molecular flexibility index (Phi) is 4.86. The van der Waals surface area contributed by atoms with Gasteiger partial charge < -0.3 is 15.4 Å². The second-order valence-corrected chi connectivity index (χ2v) is 8.38. The van der Waals surface area contributed by atoms with Crippen molar-refractivity contribution in [1.29, 1.82) is 0 Å². The van der Waals surface area contributed by atoms with E-state index in [9.17, 15) is 8.42 Å². The Labute approximate surface area is 155 Å². The average molecular weight is 375 g/mol. The Hall–Kier alpha value is -2.25. The molecule has 0 amide bonds. The molecule has 2 aromatic rings. The minimum absolute atomic E-state index is 0.00640. The number of hydrogen-bond donors (Lipinski definition) is 2. The van der Waals surface area contributed by atoms with Crippen molar-refractivity contribution in [1.82, 2.24) is 0 Å². The molecule has 0 aromatic heterocycles. The molecule has 2 aromatic carbocycles. The molecule has 1 heterocycles. The third kappa shape index (κ3) is 3.37. The first-order valence-electron chi connectivity index (χ1n) is 8.53. The third-order valence-corrected chi connectivity index (χ3v) is 5.40. The van der Waals surface area contributed by atoms with Crippen LogP contribution in [0.25, 0.3) is 0 Å². The predicted molar refractivity (Wildman–Crippen MR) is 105 cm³/mol. The first-order chi connectivity index (χ1) is 12.2. The van der Waals surface area contributed by atoms with Gasteiger partial charge in [0, 0.05) is 18.3 Å². The molecule has 7 heteroatoms. The number of methoxy groups -OCH3 is 1. The van der Waals surface area contributed by atoms with Crippen LogP contribution in [0.3, 0.4) is 0 Å². The molecule has 6 nitrogen and oxygen atoms in total. The molecule has 26 heavy (non-hydrogen) atoms. The van der Waals surface area contributed by atoms with Crippen molar-refractivity contribution in [2.75, 3.05) is 29.5 Å². The van der Waals surface area contributed by atoms with E-state index >= 15 is 0 Å². The number of aryl methyl sites for hydroxylation is 1. The van der Waals surface area contributed by atoms with E-state index in [-0.39, 0.29) is 12.1 Å². The molecule has 0 aliphatic carbocycles. The maximum absolute atomic E-state index is 11.5. The second-order valence-electron chi connectivity index (χ2n) is 6.63. The Morgan fingerprint density at radius 3 is 2.54 bits per heavy atom. The number of nitrogens with one attached hydrogen (secondary N) is 1. The topological polar surface area (TPSA) is 84.7 Å². The van der Waals surface area contributed by atoms with E-state index in [4.69, 9.17) is 10.5 Å². The Morgan fingerprint density at radius 1 is 1.23 bits per heavy atom. The van der Waals surface area contributed by atoms with Crippen molar-refractivity contribution in [3.8, 4) is 5.75 Å². The maximum Gasteiger partial charge on any atom is 0.229 e.